The Morgan fingerprint density at radius 3 is 1.39 bits per heavy atom. The molecule has 18 nitrogen and oxygen atoms in total. The lowest BCUT2D eigenvalue weighted by molar-refractivity contribution is -0.118. The van der Waals surface area contributed by atoms with Gasteiger partial charge in [-0.05, 0) is 137 Å². The van der Waals surface area contributed by atoms with E-state index in [0.29, 0.717) is 63.0 Å². The van der Waals surface area contributed by atoms with E-state index in [1.807, 2.05) is 136 Å². The zero-order valence-corrected chi connectivity index (χ0v) is 48.0. The summed E-state index contributed by atoms with van der Waals surface area (Å²) in [5.41, 5.74) is 7.50. The smallest absolute Gasteiger partial charge is 0.408 e. The van der Waals surface area contributed by atoms with E-state index in [9.17, 15) is 29.5 Å². The number of nitrogens with one attached hydrogen (secondary N) is 3. The van der Waals surface area contributed by atoms with Crippen molar-refractivity contribution in [2.45, 2.75) is 112 Å². The highest BCUT2D eigenvalue weighted by atomic mass is 16.6. The molecule has 3 amide bonds. The number of aliphatic imine (C=N–C) groups is 1. The van der Waals surface area contributed by atoms with Crippen LogP contribution < -0.4 is 25.8 Å². The number of isocyanates is 1. The van der Waals surface area contributed by atoms with Crippen LogP contribution in [-0.2, 0) is 30.2 Å². The summed E-state index contributed by atoms with van der Waals surface area (Å²) in [6, 6.07) is 42.1. The third-order valence-corrected chi connectivity index (χ3v) is 12.1. The topological polar surface area (TPSA) is 295 Å². The first-order valence-corrected chi connectivity index (χ1v) is 26.3. The minimum absolute atomic E-state index is 0. The molecule has 4 N–H and O–H groups in total. The quantitative estimate of drug-likeness (QED) is 0.0208. The molecule has 0 radical (unpaired) electrons. The third kappa shape index (κ3) is 25.7. The van der Waals surface area contributed by atoms with Crippen molar-refractivity contribution >= 4 is 58.7 Å². The third-order valence-electron chi connectivity index (χ3n) is 12.1. The predicted octanol–water partition coefficient (Wildman–Crippen LogP) is 11.1. The van der Waals surface area contributed by atoms with Crippen molar-refractivity contribution in [1.29, 1.82) is 31.6 Å². The molecule has 0 bridgehead atoms. The number of aliphatic hydroxyl groups excluding tert-OH is 1. The molecule has 0 heterocycles. The molecule has 0 spiro atoms. The van der Waals surface area contributed by atoms with Gasteiger partial charge in [0.25, 0.3) is 11.8 Å². The lowest BCUT2D eigenvalue weighted by Crippen LogP contribution is -2.44. The molecule has 0 saturated carbocycles. The summed E-state index contributed by atoms with van der Waals surface area (Å²) in [7, 11) is 0. The van der Waals surface area contributed by atoms with E-state index in [0.717, 1.165) is 44.8 Å². The second-order valence-electron chi connectivity index (χ2n) is 19.8. The number of carbonyl (C=O) groups excluding carboxylic acids is 4. The van der Waals surface area contributed by atoms with Crippen LogP contribution in [0.25, 0.3) is 23.3 Å². The summed E-state index contributed by atoms with van der Waals surface area (Å²) < 4.78 is 5.43. The fourth-order valence-electron chi connectivity index (χ4n) is 7.44. The fourth-order valence-corrected chi connectivity index (χ4v) is 7.44. The molecule has 2 atom stereocenters. The summed E-state index contributed by atoms with van der Waals surface area (Å²) in [5.74, 6) is -1.13. The van der Waals surface area contributed by atoms with Crippen LogP contribution in [0.1, 0.15) is 122 Å². The number of ether oxygens (including phenoxy) is 1. The summed E-state index contributed by atoms with van der Waals surface area (Å²) in [4.78, 5) is 55.1. The summed E-state index contributed by atoms with van der Waals surface area (Å²) in [6.07, 6.45) is 3.94. The molecule has 4 aromatic carbocycles. The Kier molecular flexibility index (Phi) is 31.6. The van der Waals surface area contributed by atoms with Gasteiger partial charge in [-0.15, -0.1) is 0 Å². The predicted molar refractivity (Wildman–Crippen MR) is 325 cm³/mol. The zero-order valence-electron chi connectivity index (χ0n) is 48.0. The van der Waals surface area contributed by atoms with Gasteiger partial charge in [0.2, 0.25) is 6.08 Å². The number of hydrogen-bond donors (Lipinski definition) is 4. The van der Waals surface area contributed by atoms with Crippen molar-refractivity contribution in [2.24, 2.45) is 4.99 Å². The highest BCUT2D eigenvalue weighted by Crippen LogP contribution is 2.27. The average molecular weight is 1120 g/mol. The van der Waals surface area contributed by atoms with E-state index in [1.165, 1.54) is 12.2 Å². The van der Waals surface area contributed by atoms with Gasteiger partial charge in [0.1, 0.15) is 29.4 Å². The van der Waals surface area contributed by atoms with Gasteiger partial charge in [0.05, 0.1) is 73.7 Å². The van der Waals surface area contributed by atoms with Crippen molar-refractivity contribution in [3.8, 4) is 36.4 Å². The number of nitrogens with zero attached hydrogens (tertiary/aromatic N) is 9. The number of carbonyl (C=O) groups is 3. The van der Waals surface area contributed by atoms with Crippen LogP contribution >= 0.6 is 0 Å². The van der Waals surface area contributed by atoms with Gasteiger partial charge >= 0.3 is 6.09 Å². The Balaban J connectivity index is 0.000000696. The summed E-state index contributed by atoms with van der Waals surface area (Å²) in [6.45, 7) is 24.5. The minimum Gasteiger partial charge on any atom is -0.445 e. The number of alkyl carbamates (subject to hydrolysis) is 1. The number of benzene rings is 4. The van der Waals surface area contributed by atoms with Gasteiger partial charge in [-0.25, -0.2) is 9.59 Å². The van der Waals surface area contributed by atoms with Crippen molar-refractivity contribution in [2.75, 3.05) is 49.1 Å². The first-order chi connectivity index (χ1) is 39.0. The summed E-state index contributed by atoms with van der Waals surface area (Å²) in [5, 5.41) is 71.2. The number of aliphatic hydroxyl groups is 1. The van der Waals surface area contributed by atoms with Crippen LogP contribution in [0.4, 0.5) is 16.2 Å². The van der Waals surface area contributed by atoms with Gasteiger partial charge in [0.15, 0.2) is 0 Å². The maximum atomic E-state index is 12.6. The van der Waals surface area contributed by atoms with Crippen LogP contribution in [-0.4, -0.2) is 80.6 Å². The normalized spacial score (nSPS) is 11.3. The van der Waals surface area contributed by atoms with Crippen molar-refractivity contribution in [1.82, 2.24) is 16.0 Å². The Bertz CT molecular complexity index is 3170. The number of anilines is 2. The van der Waals surface area contributed by atoms with E-state index in [2.05, 4.69) is 58.4 Å². The average Bonchev–Trinajstić information content (AvgIpc) is 3.49. The molecule has 0 aromatic heterocycles. The van der Waals surface area contributed by atoms with Crippen LogP contribution in [0.5, 0.6) is 0 Å². The first kappa shape index (κ1) is 70.9. The van der Waals surface area contributed by atoms with E-state index >= 15 is 0 Å². The van der Waals surface area contributed by atoms with Gasteiger partial charge < -0.3 is 35.6 Å². The molecule has 0 aliphatic rings. The molecular weight excluding hydrogens is 1040 g/mol. The Labute approximate surface area is 490 Å². The minimum atomic E-state index is -0.708. The Morgan fingerprint density at radius 1 is 0.639 bits per heavy atom. The molecule has 83 heavy (non-hydrogen) atoms. The van der Waals surface area contributed by atoms with Crippen LogP contribution in [0, 0.1) is 68.0 Å². The lowest BCUT2D eigenvalue weighted by atomic mass is 9.92. The SMILES string of the molecule is C.C=C(C)c1cccc(C(C)(C)N=C=O)c1.C=C(C)c1cccc(C(C)(C)NC(=O)OC(C)CNC(=O)/C(C#N)=C/c2ccc(N(CCC#N)CCC#N)cc2)c1.CC(O)CNC(=O)/C(C#N)=C/c1ccc(N(CCC#N)CCC#N)cc1. The van der Waals surface area contributed by atoms with Gasteiger partial charge in [-0.1, -0.05) is 92.4 Å². The van der Waals surface area contributed by atoms with Crippen molar-refractivity contribution in [3.05, 3.63) is 155 Å². The van der Waals surface area contributed by atoms with E-state index in [4.69, 9.17) is 31.0 Å². The highest BCUT2D eigenvalue weighted by Gasteiger charge is 2.25. The Morgan fingerprint density at radius 2 is 1.02 bits per heavy atom. The standard InChI is InChI=1S/C32H36N6O3.C19H21N5O2.C13H15NO.CH4/c1-23(2)26-9-6-10-28(20-26)32(4,5)37-31(40)41-24(3)22-36-30(39)27(21-35)19-25-11-13-29(14-12-25)38(17-7-15-33)18-8-16-34;1-15(25)14-23-19(26)17(13-22)12-16-4-6-18(7-5-16)24(10-2-8-20)11-3-9-21;1-10(2)11-6-5-7-12(8-11)13(3,4)14-9-15;/h6,9-14,19-20,24H,1,7-8,17-18,22H2,2-5H3,(H,36,39)(H,37,40);4-7,12,15,25H,2-3,10-11,14H2,1H3,(H,23,26);5-8H,1H2,2-4H3;1H4/b27-19+;17-12+;;. The molecular formula is C65H76N12O6. The second kappa shape index (κ2) is 37.0. The van der Waals surface area contributed by atoms with Crippen LogP contribution in [0.15, 0.2) is 126 Å². The summed E-state index contributed by atoms with van der Waals surface area (Å²) >= 11 is 0. The number of hydrogen-bond acceptors (Lipinski definition) is 15. The number of allylic oxidation sites excluding steroid dienone is 2. The van der Waals surface area contributed by atoms with E-state index < -0.39 is 41.2 Å². The van der Waals surface area contributed by atoms with Crippen LogP contribution in [0.2, 0.25) is 0 Å². The number of nitriles is 6. The Hall–Kier alpha value is -10.1. The largest absolute Gasteiger partial charge is 0.445 e. The highest BCUT2D eigenvalue weighted by molar-refractivity contribution is 6.02. The molecule has 4 rings (SSSR count). The van der Waals surface area contributed by atoms with E-state index in [1.54, 1.807) is 44.2 Å². The molecule has 2 unspecified atom stereocenters. The second-order valence-corrected chi connectivity index (χ2v) is 19.8. The van der Waals surface area contributed by atoms with Crippen molar-refractivity contribution < 1.29 is 29.0 Å². The molecule has 0 aliphatic heterocycles. The van der Waals surface area contributed by atoms with Gasteiger partial charge in [-0.2, -0.15) is 36.6 Å². The van der Waals surface area contributed by atoms with Gasteiger partial charge in [-0.3, -0.25) is 9.59 Å². The first-order valence-electron chi connectivity index (χ1n) is 26.3. The van der Waals surface area contributed by atoms with Crippen molar-refractivity contribution in [3.63, 3.8) is 0 Å². The molecule has 0 aliphatic carbocycles. The zero-order chi connectivity index (χ0) is 61.3. The maximum absolute atomic E-state index is 12.6. The lowest BCUT2D eigenvalue weighted by Gasteiger charge is -2.28. The molecule has 0 saturated heterocycles. The fraction of sp³-hybridized carbons (Fsp3) is 0.354. The monoisotopic (exact) mass is 1120 g/mol. The van der Waals surface area contributed by atoms with Crippen LogP contribution in [0.3, 0.4) is 0 Å². The maximum Gasteiger partial charge on any atom is 0.408 e. The van der Waals surface area contributed by atoms with E-state index in [-0.39, 0.29) is 31.7 Å². The number of rotatable bonds is 25. The molecule has 18 heteroatoms. The van der Waals surface area contributed by atoms with Gasteiger partial charge in [0, 0.05) is 44.1 Å². The molecule has 432 valence electrons. The molecule has 4 aromatic rings. The number of amides is 3. The molecule has 0 fully saturated rings.